The van der Waals surface area contributed by atoms with Crippen molar-refractivity contribution in [3.05, 3.63) is 45.8 Å². The van der Waals surface area contributed by atoms with E-state index in [9.17, 15) is 14.9 Å². The molecule has 0 aliphatic rings. The van der Waals surface area contributed by atoms with Crippen LogP contribution in [0, 0.1) is 11.3 Å². The number of nitriles is 1. The Labute approximate surface area is 154 Å². The van der Waals surface area contributed by atoms with Crippen molar-refractivity contribution >= 4 is 28.3 Å². The first kappa shape index (κ1) is 19.3. The van der Waals surface area contributed by atoms with Gasteiger partial charge >= 0.3 is 11.9 Å². The van der Waals surface area contributed by atoms with Crippen LogP contribution in [0.15, 0.2) is 24.3 Å². The molecule has 1 aromatic carbocycles. The molecule has 2 aromatic rings. The zero-order valence-corrected chi connectivity index (χ0v) is 15.2. The molecule has 1 heterocycles. The van der Waals surface area contributed by atoms with Crippen LogP contribution < -0.4 is 10.5 Å². The molecule has 0 saturated carbocycles. The summed E-state index contributed by atoms with van der Waals surface area (Å²) in [5, 5.41) is 9.44. The predicted molar refractivity (Wildman–Crippen MR) is 96.1 cm³/mol. The van der Waals surface area contributed by atoms with Crippen LogP contribution in [0.5, 0.6) is 5.75 Å². The highest BCUT2D eigenvalue weighted by molar-refractivity contribution is 7.18. The number of thiophene rings is 1. The number of hydrogen-bond donors (Lipinski definition) is 1. The molecule has 136 valence electrons. The SMILES string of the molecule is CCOC(=O)c1sc(N)c(C#N)c1COC(=O)c1ccc(OCC)cc1. The van der Waals surface area contributed by atoms with Gasteiger partial charge in [-0.25, -0.2) is 9.59 Å². The molecule has 2 rings (SSSR count). The molecule has 0 aliphatic heterocycles. The lowest BCUT2D eigenvalue weighted by Gasteiger charge is -2.07. The summed E-state index contributed by atoms with van der Waals surface area (Å²) in [5.74, 6) is -0.541. The quantitative estimate of drug-likeness (QED) is 0.741. The number of nitrogens with zero attached hydrogens (tertiary/aromatic N) is 1. The summed E-state index contributed by atoms with van der Waals surface area (Å²) in [6.45, 7) is 3.99. The Hall–Kier alpha value is -3.05. The minimum Gasteiger partial charge on any atom is -0.494 e. The first-order valence-electron chi connectivity index (χ1n) is 7.90. The van der Waals surface area contributed by atoms with Crippen LogP contribution in [0.3, 0.4) is 0 Å². The third kappa shape index (κ3) is 4.32. The third-order valence-electron chi connectivity index (χ3n) is 3.36. The number of esters is 2. The molecule has 0 bridgehead atoms. The van der Waals surface area contributed by atoms with Crippen molar-refractivity contribution in [1.82, 2.24) is 0 Å². The first-order valence-corrected chi connectivity index (χ1v) is 8.71. The highest BCUT2D eigenvalue weighted by Gasteiger charge is 2.24. The zero-order chi connectivity index (χ0) is 19.1. The molecule has 0 amide bonds. The Balaban J connectivity index is 2.16. The van der Waals surface area contributed by atoms with E-state index in [1.165, 1.54) is 0 Å². The second kappa shape index (κ2) is 8.87. The zero-order valence-electron chi connectivity index (χ0n) is 14.4. The number of rotatable bonds is 7. The summed E-state index contributed by atoms with van der Waals surface area (Å²) in [5.41, 5.74) is 6.49. The van der Waals surface area contributed by atoms with Crippen molar-refractivity contribution in [2.75, 3.05) is 18.9 Å². The Bertz CT molecular complexity index is 837. The van der Waals surface area contributed by atoms with Crippen LogP contribution in [0.1, 0.15) is 45.0 Å². The van der Waals surface area contributed by atoms with Gasteiger partial charge in [-0.1, -0.05) is 0 Å². The van der Waals surface area contributed by atoms with Crippen LogP contribution in [-0.2, 0) is 16.1 Å². The van der Waals surface area contributed by atoms with Gasteiger partial charge in [0.1, 0.15) is 28.3 Å². The maximum absolute atomic E-state index is 12.2. The molecular weight excluding hydrogens is 356 g/mol. The molecule has 0 saturated heterocycles. The summed E-state index contributed by atoms with van der Waals surface area (Å²) in [6, 6.07) is 8.41. The van der Waals surface area contributed by atoms with Crippen molar-refractivity contribution in [1.29, 1.82) is 5.26 Å². The van der Waals surface area contributed by atoms with Gasteiger partial charge in [0.2, 0.25) is 0 Å². The maximum atomic E-state index is 12.2. The lowest BCUT2D eigenvalue weighted by Crippen LogP contribution is -2.10. The van der Waals surface area contributed by atoms with E-state index in [-0.39, 0.29) is 34.2 Å². The summed E-state index contributed by atoms with van der Waals surface area (Å²) >= 11 is 0.941. The average Bonchev–Trinajstić information content (AvgIpc) is 2.96. The van der Waals surface area contributed by atoms with E-state index in [2.05, 4.69) is 0 Å². The monoisotopic (exact) mass is 374 g/mol. The molecular formula is C18H18N2O5S. The molecule has 0 radical (unpaired) electrons. The first-order chi connectivity index (χ1) is 12.5. The molecule has 0 spiro atoms. The lowest BCUT2D eigenvalue weighted by molar-refractivity contribution is 0.0452. The van der Waals surface area contributed by atoms with Gasteiger partial charge in [-0.3, -0.25) is 0 Å². The number of anilines is 1. The summed E-state index contributed by atoms with van der Waals surface area (Å²) < 4.78 is 15.5. The highest BCUT2D eigenvalue weighted by atomic mass is 32.1. The number of nitrogen functional groups attached to an aromatic ring is 1. The number of nitrogens with two attached hydrogens (primary N) is 1. The Kier molecular flexibility index (Phi) is 6.58. The molecule has 0 unspecified atom stereocenters. The van der Waals surface area contributed by atoms with Gasteiger partial charge in [0.25, 0.3) is 0 Å². The van der Waals surface area contributed by atoms with Gasteiger partial charge < -0.3 is 19.9 Å². The molecule has 2 N–H and O–H groups in total. The van der Waals surface area contributed by atoms with Gasteiger partial charge in [-0.2, -0.15) is 5.26 Å². The van der Waals surface area contributed by atoms with Crippen molar-refractivity contribution < 1.29 is 23.8 Å². The number of carbonyl (C=O) groups excluding carboxylic acids is 2. The minimum absolute atomic E-state index is 0.123. The molecule has 26 heavy (non-hydrogen) atoms. The van der Waals surface area contributed by atoms with E-state index in [1.54, 1.807) is 31.2 Å². The number of hydrogen-bond acceptors (Lipinski definition) is 8. The van der Waals surface area contributed by atoms with Crippen LogP contribution in [-0.4, -0.2) is 25.2 Å². The fourth-order valence-corrected chi connectivity index (χ4v) is 3.10. The standard InChI is InChI=1S/C18H18N2O5S/c1-3-23-12-7-5-11(6-8-12)17(21)25-10-14-13(9-19)16(20)26-15(14)18(22)24-4-2/h5-8H,3-4,10,20H2,1-2H3. The summed E-state index contributed by atoms with van der Waals surface area (Å²) in [4.78, 5) is 24.4. The van der Waals surface area contributed by atoms with Crippen LogP contribution >= 0.6 is 11.3 Å². The molecule has 7 nitrogen and oxygen atoms in total. The van der Waals surface area contributed by atoms with Gasteiger partial charge in [-0.15, -0.1) is 11.3 Å². The fraction of sp³-hybridized carbons (Fsp3) is 0.278. The molecule has 0 atom stereocenters. The summed E-state index contributed by atoms with van der Waals surface area (Å²) in [6.07, 6.45) is 0. The Morgan fingerprint density at radius 1 is 1.12 bits per heavy atom. The second-order valence-electron chi connectivity index (χ2n) is 5.01. The van der Waals surface area contributed by atoms with Crippen molar-refractivity contribution in [2.24, 2.45) is 0 Å². The van der Waals surface area contributed by atoms with E-state index >= 15 is 0 Å². The topological polar surface area (TPSA) is 112 Å². The van der Waals surface area contributed by atoms with Crippen LogP contribution in [0.4, 0.5) is 5.00 Å². The molecule has 8 heteroatoms. The van der Waals surface area contributed by atoms with E-state index in [0.717, 1.165) is 11.3 Å². The third-order valence-corrected chi connectivity index (χ3v) is 4.40. The van der Waals surface area contributed by atoms with E-state index in [4.69, 9.17) is 19.9 Å². The van der Waals surface area contributed by atoms with Gasteiger partial charge in [0.15, 0.2) is 0 Å². The molecule has 0 aliphatic carbocycles. The Morgan fingerprint density at radius 3 is 2.38 bits per heavy atom. The lowest BCUT2D eigenvalue weighted by atomic mass is 10.1. The highest BCUT2D eigenvalue weighted by Crippen LogP contribution is 2.32. The fourth-order valence-electron chi connectivity index (χ4n) is 2.18. The van der Waals surface area contributed by atoms with Gasteiger partial charge in [0, 0.05) is 5.56 Å². The van der Waals surface area contributed by atoms with Crippen molar-refractivity contribution in [2.45, 2.75) is 20.5 Å². The smallest absolute Gasteiger partial charge is 0.348 e. The van der Waals surface area contributed by atoms with Crippen LogP contribution in [0.25, 0.3) is 0 Å². The van der Waals surface area contributed by atoms with E-state index < -0.39 is 11.9 Å². The van der Waals surface area contributed by atoms with Crippen molar-refractivity contribution in [3.63, 3.8) is 0 Å². The largest absolute Gasteiger partial charge is 0.494 e. The van der Waals surface area contributed by atoms with Gasteiger partial charge in [0.05, 0.1) is 24.3 Å². The van der Waals surface area contributed by atoms with Gasteiger partial charge in [-0.05, 0) is 38.1 Å². The molecule has 0 fully saturated rings. The number of benzene rings is 1. The normalized spacial score (nSPS) is 10.0. The average molecular weight is 374 g/mol. The minimum atomic E-state index is -0.599. The Morgan fingerprint density at radius 2 is 1.81 bits per heavy atom. The number of ether oxygens (including phenoxy) is 3. The van der Waals surface area contributed by atoms with E-state index in [1.807, 2.05) is 13.0 Å². The van der Waals surface area contributed by atoms with Crippen LogP contribution in [0.2, 0.25) is 0 Å². The molecule has 1 aromatic heterocycles. The second-order valence-corrected chi connectivity index (χ2v) is 6.07. The predicted octanol–water partition coefficient (Wildman–Crippen LogP) is 3.13. The summed E-state index contributed by atoms with van der Waals surface area (Å²) in [7, 11) is 0. The van der Waals surface area contributed by atoms with Crippen molar-refractivity contribution in [3.8, 4) is 11.8 Å². The van der Waals surface area contributed by atoms with E-state index in [0.29, 0.717) is 17.9 Å². The maximum Gasteiger partial charge on any atom is 0.348 e. The number of carbonyl (C=O) groups is 2.